The molecule has 0 spiro atoms. The van der Waals surface area contributed by atoms with E-state index in [9.17, 15) is 4.79 Å². The fourth-order valence-electron chi connectivity index (χ4n) is 1.53. The number of nitrogens with one attached hydrogen (secondary N) is 2. The van der Waals surface area contributed by atoms with Crippen molar-refractivity contribution in [3.05, 3.63) is 48.7 Å². The van der Waals surface area contributed by atoms with E-state index in [0.29, 0.717) is 6.54 Å². The number of carbonyl (C=O) groups excluding carboxylic acids is 1. The Balaban J connectivity index is 2.21. The first-order valence-electron chi connectivity index (χ1n) is 4.76. The highest BCUT2D eigenvalue weighted by atomic mass is 16.1. The number of hydrogen-bond acceptors (Lipinski definition) is 1. The minimum Gasteiger partial charge on any atom is -0.361 e. The molecule has 1 heterocycles. The van der Waals surface area contributed by atoms with Crippen LogP contribution in [0.3, 0.4) is 0 Å². The maximum Gasteiger partial charge on any atom is 0.243 e. The zero-order valence-electron chi connectivity index (χ0n) is 8.29. The van der Waals surface area contributed by atoms with Crippen molar-refractivity contribution in [3.8, 4) is 0 Å². The zero-order chi connectivity index (χ0) is 10.7. The Kier molecular flexibility index (Phi) is 2.54. The van der Waals surface area contributed by atoms with E-state index < -0.39 is 0 Å². The zero-order valence-corrected chi connectivity index (χ0v) is 8.29. The third kappa shape index (κ3) is 1.91. The molecule has 0 saturated carbocycles. The lowest BCUT2D eigenvalue weighted by Crippen LogP contribution is -2.19. The van der Waals surface area contributed by atoms with Gasteiger partial charge in [0.25, 0.3) is 0 Å². The van der Waals surface area contributed by atoms with E-state index in [1.807, 2.05) is 30.5 Å². The van der Waals surface area contributed by atoms with Gasteiger partial charge in [0.05, 0.1) is 0 Å². The van der Waals surface area contributed by atoms with Gasteiger partial charge in [0, 0.05) is 23.6 Å². The number of rotatable bonds is 3. The molecule has 0 saturated heterocycles. The van der Waals surface area contributed by atoms with Gasteiger partial charge in [0.15, 0.2) is 0 Å². The summed E-state index contributed by atoms with van der Waals surface area (Å²) in [6.07, 6.45) is 3.18. The van der Waals surface area contributed by atoms with Crippen LogP contribution in [0.2, 0.25) is 0 Å². The summed E-state index contributed by atoms with van der Waals surface area (Å²) in [5.41, 5.74) is 2.17. The second-order valence-electron chi connectivity index (χ2n) is 3.28. The Morgan fingerprint density at radius 2 is 2.27 bits per heavy atom. The quantitative estimate of drug-likeness (QED) is 0.731. The summed E-state index contributed by atoms with van der Waals surface area (Å²) in [7, 11) is 0. The second-order valence-corrected chi connectivity index (χ2v) is 3.28. The fraction of sp³-hybridized carbons (Fsp3) is 0.0833. The lowest BCUT2D eigenvalue weighted by molar-refractivity contribution is -0.116. The first-order valence-corrected chi connectivity index (χ1v) is 4.76. The first-order chi connectivity index (χ1) is 7.31. The first kappa shape index (κ1) is 9.52. The van der Waals surface area contributed by atoms with Crippen LogP contribution in [0, 0.1) is 0 Å². The molecule has 2 N–H and O–H groups in total. The van der Waals surface area contributed by atoms with Crippen LogP contribution in [0.15, 0.2) is 43.1 Å². The molecule has 0 atom stereocenters. The van der Waals surface area contributed by atoms with Gasteiger partial charge in [-0.25, -0.2) is 0 Å². The summed E-state index contributed by atoms with van der Waals surface area (Å²) in [5, 5.41) is 3.89. The number of aromatic amines is 1. The largest absolute Gasteiger partial charge is 0.361 e. The molecule has 0 aliphatic carbocycles. The molecule has 1 aromatic heterocycles. The Labute approximate surface area is 87.8 Å². The molecule has 0 radical (unpaired) electrons. The van der Waals surface area contributed by atoms with Crippen LogP contribution in [0.5, 0.6) is 0 Å². The van der Waals surface area contributed by atoms with Crippen molar-refractivity contribution in [3.63, 3.8) is 0 Å². The van der Waals surface area contributed by atoms with E-state index in [1.165, 1.54) is 6.08 Å². The van der Waals surface area contributed by atoms with Gasteiger partial charge in [-0.05, 0) is 17.7 Å². The average molecular weight is 200 g/mol. The average Bonchev–Trinajstić information content (AvgIpc) is 2.69. The smallest absolute Gasteiger partial charge is 0.243 e. The number of hydrogen-bond donors (Lipinski definition) is 2. The number of fused-ring (bicyclic) bond motifs is 1. The van der Waals surface area contributed by atoms with Crippen molar-refractivity contribution in [2.24, 2.45) is 0 Å². The van der Waals surface area contributed by atoms with Crippen LogP contribution >= 0.6 is 0 Å². The summed E-state index contributed by atoms with van der Waals surface area (Å²) in [6, 6.07) is 8.00. The summed E-state index contributed by atoms with van der Waals surface area (Å²) in [6.45, 7) is 3.93. The van der Waals surface area contributed by atoms with Gasteiger partial charge in [-0.2, -0.15) is 0 Å². The molecule has 0 fully saturated rings. The Morgan fingerprint density at radius 1 is 1.47 bits per heavy atom. The molecule has 1 aromatic carbocycles. The van der Waals surface area contributed by atoms with Crippen LogP contribution in [0.25, 0.3) is 10.9 Å². The van der Waals surface area contributed by atoms with Crippen LogP contribution in [-0.2, 0) is 11.3 Å². The maximum atomic E-state index is 11.0. The van der Waals surface area contributed by atoms with E-state index in [4.69, 9.17) is 0 Å². The number of carbonyl (C=O) groups is 1. The van der Waals surface area contributed by atoms with Crippen molar-refractivity contribution in [2.45, 2.75) is 6.54 Å². The van der Waals surface area contributed by atoms with Crippen molar-refractivity contribution in [1.82, 2.24) is 10.3 Å². The van der Waals surface area contributed by atoms with E-state index in [-0.39, 0.29) is 5.91 Å². The highest BCUT2D eigenvalue weighted by molar-refractivity contribution is 5.88. The Hall–Kier alpha value is -2.03. The number of amides is 1. The summed E-state index contributed by atoms with van der Waals surface area (Å²) < 4.78 is 0. The topological polar surface area (TPSA) is 44.9 Å². The Bertz CT molecular complexity index is 499. The third-order valence-electron chi connectivity index (χ3n) is 2.31. The monoisotopic (exact) mass is 200 g/mol. The molecule has 3 heteroatoms. The fourth-order valence-corrected chi connectivity index (χ4v) is 1.53. The predicted molar refractivity (Wildman–Crippen MR) is 60.3 cm³/mol. The molecular weight excluding hydrogens is 188 g/mol. The van der Waals surface area contributed by atoms with E-state index in [0.717, 1.165) is 16.5 Å². The van der Waals surface area contributed by atoms with Gasteiger partial charge in [0.1, 0.15) is 0 Å². The van der Waals surface area contributed by atoms with Crippen LogP contribution in [0.4, 0.5) is 0 Å². The normalized spacial score (nSPS) is 10.1. The third-order valence-corrected chi connectivity index (χ3v) is 2.31. The van der Waals surface area contributed by atoms with Gasteiger partial charge in [-0.3, -0.25) is 4.79 Å². The summed E-state index contributed by atoms with van der Waals surface area (Å²) in [5.74, 6) is -0.153. The molecule has 1 amide bonds. The molecule has 3 nitrogen and oxygen atoms in total. The van der Waals surface area contributed by atoms with Crippen LogP contribution in [-0.4, -0.2) is 10.9 Å². The molecule has 2 rings (SSSR count). The number of H-pyrrole nitrogens is 1. The molecule has 2 aromatic rings. The van der Waals surface area contributed by atoms with Crippen molar-refractivity contribution >= 4 is 16.8 Å². The minimum atomic E-state index is -0.153. The number of para-hydroxylation sites is 1. The SMILES string of the molecule is C=CC(=O)NCc1c[nH]c2ccccc12. The number of benzene rings is 1. The van der Waals surface area contributed by atoms with Crippen LogP contribution < -0.4 is 5.32 Å². The molecular formula is C12H12N2O. The van der Waals surface area contributed by atoms with Gasteiger partial charge < -0.3 is 10.3 Å². The van der Waals surface area contributed by atoms with Crippen LogP contribution in [0.1, 0.15) is 5.56 Å². The lowest BCUT2D eigenvalue weighted by atomic mass is 10.2. The highest BCUT2D eigenvalue weighted by Crippen LogP contribution is 2.16. The van der Waals surface area contributed by atoms with Crippen molar-refractivity contribution in [1.29, 1.82) is 0 Å². The lowest BCUT2D eigenvalue weighted by Gasteiger charge is -2.00. The van der Waals surface area contributed by atoms with Crippen molar-refractivity contribution < 1.29 is 4.79 Å². The molecule has 0 unspecified atom stereocenters. The molecule has 15 heavy (non-hydrogen) atoms. The molecule has 0 bridgehead atoms. The Morgan fingerprint density at radius 3 is 3.07 bits per heavy atom. The van der Waals surface area contributed by atoms with Gasteiger partial charge in [-0.1, -0.05) is 24.8 Å². The molecule has 76 valence electrons. The molecule has 0 aliphatic rings. The van der Waals surface area contributed by atoms with Crippen molar-refractivity contribution in [2.75, 3.05) is 0 Å². The molecule has 0 aliphatic heterocycles. The van der Waals surface area contributed by atoms with Gasteiger partial charge in [0.2, 0.25) is 5.91 Å². The predicted octanol–water partition coefficient (Wildman–Crippen LogP) is 1.97. The minimum absolute atomic E-state index is 0.153. The van der Waals surface area contributed by atoms with E-state index >= 15 is 0 Å². The second kappa shape index (κ2) is 4.00. The van der Waals surface area contributed by atoms with Gasteiger partial charge >= 0.3 is 0 Å². The summed E-state index contributed by atoms with van der Waals surface area (Å²) >= 11 is 0. The number of aromatic nitrogens is 1. The standard InChI is InChI=1S/C12H12N2O/c1-2-12(15)14-8-9-7-13-11-6-4-3-5-10(9)11/h2-7,13H,1,8H2,(H,14,15). The van der Waals surface area contributed by atoms with E-state index in [2.05, 4.69) is 16.9 Å². The summed E-state index contributed by atoms with van der Waals surface area (Å²) in [4.78, 5) is 14.2. The van der Waals surface area contributed by atoms with E-state index in [1.54, 1.807) is 0 Å². The maximum absolute atomic E-state index is 11.0. The van der Waals surface area contributed by atoms with Gasteiger partial charge in [-0.15, -0.1) is 0 Å². The highest BCUT2D eigenvalue weighted by Gasteiger charge is 2.02.